The molecule has 1 saturated heterocycles. The number of sulfonamides is 1. The molecule has 3 rings (SSSR count). The Morgan fingerprint density at radius 3 is 2.30 bits per heavy atom. The van der Waals surface area contributed by atoms with Gasteiger partial charge in [0.1, 0.15) is 5.82 Å². The fraction of sp³-hybridized carbons (Fsp3) is 0.238. The summed E-state index contributed by atoms with van der Waals surface area (Å²) in [6, 6.07) is 11.0. The summed E-state index contributed by atoms with van der Waals surface area (Å²) in [5, 5.41) is 0. The van der Waals surface area contributed by atoms with Crippen molar-refractivity contribution in [3.05, 3.63) is 71.6 Å². The normalized spacial score (nSPS) is 15.2. The number of hydrogen-bond acceptors (Lipinski definition) is 6. The van der Waals surface area contributed by atoms with Gasteiger partial charge >= 0.3 is 5.97 Å². The van der Waals surface area contributed by atoms with Crippen LogP contribution in [0.2, 0.25) is 0 Å². The molecule has 0 radical (unpaired) electrons. The molecule has 0 N–H and O–H groups in total. The second-order valence-electron chi connectivity index (χ2n) is 6.46. The van der Waals surface area contributed by atoms with Gasteiger partial charge in [0.15, 0.2) is 12.4 Å². The van der Waals surface area contributed by atoms with E-state index in [-0.39, 0.29) is 10.5 Å². The van der Waals surface area contributed by atoms with E-state index in [1.165, 1.54) is 34.6 Å². The third kappa shape index (κ3) is 5.59. The molecule has 0 saturated carbocycles. The Kier molecular flexibility index (Phi) is 7.09. The van der Waals surface area contributed by atoms with Crippen LogP contribution in [0.5, 0.6) is 0 Å². The Labute approximate surface area is 173 Å². The van der Waals surface area contributed by atoms with Crippen molar-refractivity contribution in [1.82, 2.24) is 4.31 Å². The van der Waals surface area contributed by atoms with Crippen LogP contribution in [0.3, 0.4) is 0 Å². The van der Waals surface area contributed by atoms with Gasteiger partial charge in [0.2, 0.25) is 10.0 Å². The lowest BCUT2D eigenvalue weighted by Gasteiger charge is -2.26. The predicted octanol–water partition coefficient (Wildman–Crippen LogP) is 2.29. The molecule has 2 aromatic rings. The van der Waals surface area contributed by atoms with E-state index < -0.39 is 34.2 Å². The molecule has 2 aromatic carbocycles. The molecule has 0 spiro atoms. The number of carbonyl (C=O) groups is 2. The van der Waals surface area contributed by atoms with E-state index in [9.17, 15) is 22.4 Å². The summed E-state index contributed by atoms with van der Waals surface area (Å²) >= 11 is 0. The van der Waals surface area contributed by atoms with Crippen molar-refractivity contribution in [2.75, 3.05) is 32.9 Å². The predicted molar refractivity (Wildman–Crippen MR) is 107 cm³/mol. The first-order valence-electron chi connectivity index (χ1n) is 9.18. The molecule has 0 aromatic heterocycles. The molecule has 30 heavy (non-hydrogen) atoms. The number of halogens is 1. The zero-order valence-corrected chi connectivity index (χ0v) is 16.8. The van der Waals surface area contributed by atoms with E-state index in [4.69, 9.17) is 9.47 Å². The van der Waals surface area contributed by atoms with Crippen molar-refractivity contribution in [2.24, 2.45) is 0 Å². The van der Waals surface area contributed by atoms with E-state index >= 15 is 0 Å². The number of rotatable bonds is 7. The highest BCUT2D eigenvalue weighted by atomic mass is 32.2. The number of nitrogens with zero attached hydrogens (tertiary/aromatic N) is 1. The van der Waals surface area contributed by atoms with Gasteiger partial charge in [0.25, 0.3) is 0 Å². The molecule has 0 bridgehead atoms. The highest BCUT2D eigenvalue weighted by Crippen LogP contribution is 2.18. The van der Waals surface area contributed by atoms with Crippen molar-refractivity contribution < 1.29 is 31.9 Å². The van der Waals surface area contributed by atoms with Crippen LogP contribution in [0, 0.1) is 5.82 Å². The van der Waals surface area contributed by atoms with E-state index in [1.807, 2.05) is 0 Å². The minimum atomic E-state index is -3.58. The van der Waals surface area contributed by atoms with E-state index in [0.29, 0.717) is 31.9 Å². The zero-order chi connectivity index (χ0) is 21.6. The summed E-state index contributed by atoms with van der Waals surface area (Å²) in [6.45, 7) is 0.891. The van der Waals surface area contributed by atoms with Crippen molar-refractivity contribution >= 4 is 27.9 Å². The first kappa shape index (κ1) is 21.8. The molecule has 1 heterocycles. The van der Waals surface area contributed by atoms with Gasteiger partial charge in [-0.15, -0.1) is 0 Å². The Bertz CT molecular complexity index is 1030. The van der Waals surface area contributed by atoms with Gasteiger partial charge in [-0.2, -0.15) is 4.31 Å². The number of esters is 1. The maximum Gasteiger partial charge on any atom is 0.331 e. The average molecular weight is 433 g/mol. The van der Waals surface area contributed by atoms with Gasteiger partial charge in [-0.05, 0) is 48.0 Å². The van der Waals surface area contributed by atoms with Gasteiger partial charge in [0, 0.05) is 24.7 Å². The van der Waals surface area contributed by atoms with E-state index in [0.717, 1.165) is 18.2 Å². The topological polar surface area (TPSA) is 90.0 Å². The lowest BCUT2D eigenvalue weighted by molar-refractivity contribution is -0.136. The molecule has 0 unspecified atom stereocenters. The third-order valence-electron chi connectivity index (χ3n) is 4.41. The number of carbonyl (C=O) groups excluding carboxylic acids is 2. The maximum absolute atomic E-state index is 12.9. The van der Waals surface area contributed by atoms with Crippen LogP contribution in [0.4, 0.5) is 4.39 Å². The van der Waals surface area contributed by atoms with Crippen LogP contribution in [-0.4, -0.2) is 57.4 Å². The van der Waals surface area contributed by atoms with Gasteiger partial charge < -0.3 is 9.47 Å². The van der Waals surface area contributed by atoms with Crippen LogP contribution < -0.4 is 0 Å². The molecule has 0 atom stereocenters. The first-order chi connectivity index (χ1) is 14.4. The smallest absolute Gasteiger partial charge is 0.331 e. The molecule has 7 nitrogen and oxygen atoms in total. The van der Waals surface area contributed by atoms with Crippen molar-refractivity contribution in [3.63, 3.8) is 0 Å². The number of hydrogen-bond donors (Lipinski definition) is 0. The number of ether oxygens (including phenoxy) is 2. The fourth-order valence-electron chi connectivity index (χ4n) is 2.76. The molecule has 0 aliphatic carbocycles. The van der Waals surface area contributed by atoms with Crippen LogP contribution in [-0.2, 0) is 24.3 Å². The Morgan fingerprint density at radius 1 is 1.03 bits per heavy atom. The van der Waals surface area contributed by atoms with Crippen molar-refractivity contribution in [1.29, 1.82) is 0 Å². The summed E-state index contributed by atoms with van der Waals surface area (Å²) in [5.41, 5.74) is 0.836. The van der Waals surface area contributed by atoms with Crippen LogP contribution >= 0.6 is 0 Å². The van der Waals surface area contributed by atoms with E-state index in [1.54, 1.807) is 12.1 Å². The van der Waals surface area contributed by atoms with Gasteiger partial charge in [-0.3, -0.25) is 4.79 Å². The summed E-state index contributed by atoms with van der Waals surface area (Å²) < 4.78 is 49.4. The Morgan fingerprint density at radius 2 is 1.67 bits per heavy atom. The second-order valence-corrected chi connectivity index (χ2v) is 8.39. The lowest BCUT2D eigenvalue weighted by atomic mass is 10.1. The van der Waals surface area contributed by atoms with Gasteiger partial charge in [0.05, 0.1) is 18.1 Å². The SMILES string of the molecule is O=C(C=Cc1ccc(S(=O)(=O)N2CCOCC2)cc1)OCC(=O)c1ccc(F)cc1. The summed E-state index contributed by atoms with van der Waals surface area (Å²) in [4.78, 5) is 23.9. The average Bonchev–Trinajstić information content (AvgIpc) is 2.77. The standard InChI is InChI=1S/C21H20FNO6S/c22-18-6-4-17(5-7-18)20(24)15-29-21(25)10-3-16-1-8-19(9-2-16)30(26,27)23-11-13-28-14-12-23/h1-10H,11-15H2. The maximum atomic E-state index is 12.9. The largest absolute Gasteiger partial charge is 0.454 e. The summed E-state index contributed by atoms with van der Waals surface area (Å²) in [6.07, 6.45) is 2.60. The fourth-order valence-corrected chi connectivity index (χ4v) is 4.16. The number of morpholine rings is 1. The van der Waals surface area contributed by atoms with Crippen LogP contribution in [0.25, 0.3) is 6.08 Å². The lowest BCUT2D eigenvalue weighted by Crippen LogP contribution is -2.40. The molecule has 9 heteroatoms. The molecule has 158 valence electrons. The highest BCUT2D eigenvalue weighted by Gasteiger charge is 2.25. The number of benzene rings is 2. The minimum absolute atomic E-state index is 0.161. The Hall–Kier alpha value is -2.88. The van der Waals surface area contributed by atoms with Crippen molar-refractivity contribution in [2.45, 2.75) is 4.90 Å². The van der Waals surface area contributed by atoms with E-state index in [2.05, 4.69) is 0 Å². The van der Waals surface area contributed by atoms with Crippen LogP contribution in [0.1, 0.15) is 15.9 Å². The molecular weight excluding hydrogens is 413 g/mol. The summed E-state index contributed by atoms with van der Waals surface area (Å²) in [7, 11) is -3.58. The molecular formula is C21H20FNO6S. The Balaban J connectivity index is 1.54. The highest BCUT2D eigenvalue weighted by molar-refractivity contribution is 7.89. The zero-order valence-electron chi connectivity index (χ0n) is 16.0. The third-order valence-corrected chi connectivity index (χ3v) is 6.32. The van der Waals surface area contributed by atoms with Gasteiger partial charge in [-0.25, -0.2) is 17.6 Å². The second kappa shape index (κ2) is 9.75. The quantitative estimate of drug-likeness (QED) is 0.378. The molecule has 1 aliphatic heterocycles. The monoisotopic (exact) mass is 433 g/mol. The van der Waals surface area contributed by atoms with Crippen molar-refractivity contribution in [3.8, 4) is 0 Å². The number of Topliss-reactive ketones (excluding diaryl/α,β-unsaturated/α-hetero) is 1. The van der Waals surface area contributed by atoms with Gasteiger partial charge in [-0.1, -0.05) is 12.1 Å². The summed E-state index contributed by atoms with van der Waals surface area (Å²) in [5.74, 6) is -1.64. The first-order valence-corrected chi connectivity index (χ1v) is 10.6. The number of ketones is 1. The molecule has 0 amide bonds. The van der Waals surface area contributed by atoms with Crippen LogP contribution in [0.15, 0.2) is 59.5 Å². The molecule has 1 fully saturated rings. The molecule has 1 aliphatic rings. The minimum Gasteiger partial charge on any atom is -0.454 e.